The third-order valence-corrected chi connectivity index (χ3v) is 3.16. The van der Waals surface area contributed by atoms with Gasteiger partial charge in [0.05, 0.1) is 13.2 Å². The lowest BCUT2D eigenvalue weighted by Gasteiger charge is -2.30. The van der Waals surface area contributed by atoms with E-state index in [-0.39, 0.29) is 18.1 Å². The monoisotopic (exact) mass is 259 g/mol. The Hall–Kier alpha value is -0.610. The fourth-order valence-electron chi connectivity index (χ4n) is 1.74. The van der Waals surface area contributed by atoms with E-state index in [9.17, 15) is 4.79 Å². The predicted octanol–water partition coefficient (Wildman–Crippen LogP) is 2.37. The summed E-state index contributed by atoms with van der Waals surface area (Å²) in [4.78, 5) is 11.8. The highest BCUT2D eigenvalue weighted by Gasteiger charge is 2.34. The van der Waals surface area contributed by atoms with Crippen molar-refractivity contribution in [3.8, 4) is 0 Å². The Balaban J connectivity index is 4.38. The molecule has 4 heteroatoms. The lowest BCUT2D eigenvalue weighted by atomic mass is 9.97. The molecule has 0 fully saturated rings. The zero-order valence-corrected chi connectivity index (χ0v) is 12.9. The number of methoxy groups -OCH3 is 1. The standard InChI is InChI=1S/C14H29NO3/c1-10(2)12(5)18-9-8-14(6,13(16)17-7)15-11(3)4/h10-12,15H,8-9H2,1-7H3. The van der Waals surface area contributed by atoms with Crippen LogP contribution >= 0.6 is 0 Å². The SMILES string of the molecule is COC(=O)C(C)(CCOC(C)C(C)C)NC(C)C. The second-order valence-corrected chi connectivity index (χ2v) is 5.69. The van der Waals surface area contributed by atoms with Crippen molar-refractivity contribution in [2.24, 2.45) is 5.92 Å². The summed E-state index contributed by atoms with van der Waals surface area (Å²) in [6.07, 6.45) is 0.806. The van der Waals surface area contributed by atoms with Crippen molar-refractivity contribution in [1.82, 2.24) is 5.32 Å². The molecule has 0 radical (unpaired) electrons. The van der Waals surface area contributed by atoms with Crippen molar-refractivity contribution in [2.75, 3.05) is 13.7 Å². The van der Waals surface area contributed by atoms with E-state index in [0.717, 1.165) is 0 Å². The predicted molar refractivity (Wildman–Crippen MR) is 73.6 cm³/mol. The van der Waals surface area contributed by atoms with E-state index in [4.69, 9.17) is 9.47 Å². The van der Waals surface area contributed by atoms with Gasteiger partial charge >= 0.3 is 5.97 Å². The van der Waals surface area contributed by atoms with Gasteiger partial charge in [-0.15, -0.1) is 0 Å². The molecule has 18 heavy (non-hydrogen) atoms. The van der Waals surface area contributed by atoms with Crippen molar-refractivity contribution in [3.05, 3.63) is 0 Å². The van der Waals surface area contributed by atoms with E-state index in [1.807, 2.05) is 20.8 Å². The molecular weight excluding hydrogens is 230 g/mol. The lowest BCUT2D eigenvalue weighted by Crippen LogP contribution is -2.53. The van der Waals surface area contributed by atoms with Gasteiger partial charge in [-0.25, -0.2) is 0 Å². The van der Waals surface area contributed by atoms with Crippen molar-refractivity contribution in [2.45, 2.75) is 65.6 Å². The summed E-state index contributed by atoms with van der Waals surface area (Å²) >= 11 is 0. The van der Waals surface area contributed by atoms with Gasteiger partial charge < -0.3 is 9.47 Å². The van der Waals surface area contributed by atoms with Crippen LogP contribution in [-0.2, 0) is 14.3 Å². The molecule has 4 nitrogen and oxygen atoms in total. The average molecular weight is 259 g/mol. The van der Waals surface area contributed by atoms with Gasteiger partial charge in [0.1, 0.15) is 5.54 Å². The summed E-state index contributed by atoms with van der Waals surface area (Å²) < 4.78 is 10.6. The van der Waals surface area contributed by atoms with Gasteiger partial charge in [0.25, 0.3) is 0 Å². The van der Waals surface area contributed by atoms with Crippen LogP contribution in [0.15, 0.2) is 0 Å². The number of esters is 1. The van der Waals surface area contributed by atoms with Crippen LogP contribution in [0.2, 0.25) is 0 Å². The molecule has 0 amide bonds. The van der Waals surface area contributed by atoms with E-state index in [1.165, 1.54) is 7.11 Å². The highest BCUT2D eigenvalue weighted by atomic mass is 16.5. The smallest absolute Gasteiger partial charge is 0.325 e. The van der Waals surface area contributed by atoms with E-state index in [0.29, 0.717) is 18.9 Å². The molecule has 0 aromatic heterocycles. The maximum Gasteiger partial charge on any atom is 0.325 e. The molecular formula is C14H29NO3. The molecule has 0 aromatic rings. The minimum absolute atomic E-state index is 0.200. The zero-order chi connectivity index (χ0) is 14.3. The van der Waals surface area contributed by atoms with Crippen molar-refractivity contribution >= 4 is 5.97 Å². The van der Waals surface area contributed by atoms with Crippen molar-refractivity contribution in [3.63, 3.8) is 0 Å². The number of carbonyl (C=O) groups excluding carboxylic acids is 1. The van der Waals surface area contributed by atoms with E-state index < -0.39 is 5.54 Å². The fraction of sp³-hybridized carbons (Fsp3) is 0.929. The maximum atomic E-state index is 11.8. The summed E-state index contributed by atoms with van der Waals surface area (Å²) in [7, 11) is 1.42. The lowest BCUT2D eigenvalue weighted by molar-refractivity contribution is -0.149. The van der Waals surface area contributed by atoms with Gasteiger partial charge in [-0.3, -0.25) is 10.1 Å². The topological polar surface area (TPSA) is 47.6 Å². The first kappa shape index (κ1) is 17.4. The van der Waals surface area contributed by atoms with E-state index in [2.05, 4.69) is 26.1 Å². The molecule has 108 valence electrons. The quantitative estimate of drug-likeness (QED) is 0.680. The van der Waals surface area contributed by atoms with Crippen LogP contribution in [-0.4, -0.2) is 37.4 Å². The Morgan fingerprint density at radius 3 is 2.17 bits per heavy atom. The highest BCUT2D eigenvalue weighted by molar-refractivity contribution is 5.80. The first-order chi connectivity index (χ1) is 8.23. The Kier molecular flexibility index (Phi) is 7.48. The molecule has 0 aliphatic rings. The van der Waals surface area contributed by atoms with E-state index >= 15 is 0 Å². The number of carbonyl (C=O) groups is 1. The van der Waals surface area contributed by atoms with Gasteiger partial charge in [-0.2, -0.15) is 0 Å². The number of hydrogen-bond acceptors (Lipinski definition) is 4. The molecule has 0 spiro atoms. The highest BCUT2D eigenvalue weighted by Crippen LogP contribution is 2.15. The Morgan fingerprint density at radius 1 is 1.22 bits per heavy atom. The number of hydrogen-bond donors (Lipinski definition) is 1. The molecule has 0 saturated heterocycles. The molecule has 2 atom stereocenters. The maximum absolute atomic E-state index is 11.8. The Morgan fingerprint density at radius 2 is 1.78 bits per heavy atom. The van der Waals surface area contributed by atoms with Crippen LogP contribution < -0.4 is 5.32 Å². The number of ether oxygens (including phenoxy) is 2. The fourth-order valence-corrected chi connectivity index (χ4v) is 1.74. The van der Waals surface area contributed by atoms with Crippen LogP contribution in [0.25, 0.3) is 0 Å². The normalized spacial score (nSPS) is 16.7. The van der Waals surface area contributed by atoms with Crippen LogP contribution in [0.1, 0.15) is 48.0 Å². The molecule has 0 rings (SSSR count). The molecule has 0 heterocycles. The third-order valence-electron chi connectivity index (χ3n) is 3.16. The second kappa shape index (κ2) is 7.74. The zero-order valence-electron chi connectivity index (χ0n) is 12.9. The van der Waals surface area contributed by atoms with Crippen LogP contribution in [0.4, 0.5) is 0 Å². The first-order valence-corrected chi connectivity index (χ1v) is 6.70. The van der Waals surface area contributed by atoms with Gasteiger partial charge in [0.15, 0.2) is 0 Å². The number of nitrogens with one attached hydrogen (secondary N) is 1. The van der Waals surface area contributed by atoms with Gasteiger partial charge in [-0.1, -0.05) is 13.8 Å². The molecule has 2 unspecified atom stereocenters. The summed E-state index contributed by atoms with van der Waals surface area (Å²) in [6, 6.07) is 0.219. The molecule has 0 saturated carbocycles. The minimum Gasteiger partial charge on any atom is -0.468 e. The second-order valence-electron chi connectivity index (χ2n) is 5.69. The molecule has 0 bridgehead atoms. The van der Waals surface area contributed by atoms with Gasteiger partial charge in [0, 0.05) is 12.6 Å². The summed E-state index contributed by atoms with van der Waals surface area (Å²) in [5, 5.41) is 3.26. The van der Waals surface area contributed by atoms with Crippen molar-refractivity contribution in [1.29, 1.82) is 0 Å². The van der Waals surface area contributed by atoms with Crippen LogP contribution in [0, 0.1) is 5.92 Å². The summed E-state index contributed by atoms with van der Waals surface area (Å²) in [5.74, 6) is 0.240. The van der Waals surface area contributed by atoms with Gasteiger partial charge in [-0.05, 0) is 40.0 Å². The molecule has 0 aromatic carbocycles. The summed E-state index contributed by atoms with van der Waals surface area (Å²) in [5.41, 5.74) is -0.681. The minimum atomic E-state index is -0.681. The number of rotatable bonds is 8. The van der Waals surface area contributed by atoms with E-state index in [1.54, 1.807) is 0 Å². The third kappa shape index (κ3) is 5.83. The summed E-state index contributed by atoms with van der Waals surface area (Å²) in [6.45, 7) is 12.7. The van der Waals surface area contributed by atoms with Crippen LogP contribution in [0.5, 0.6) is 0 Å². The average Bonchev–Trinajstić information content (AvgIpc) is 2.26. The Bertz CT molecular complexity index is 253. The van der Waals surface area contributed by atoms with Gasteiger partial charge in [0.2, 0.25) is 0 Å². The van der Waals surface area contributed by atoms with Crippen molar-refractivity contribution < 1.29 is 14.3 Å². The Labute approximate surface area is 111 Å². The first-order valence-electron chi connectivity index (χ1n) is 6.70. The molecule has 0 aliphatic carbocycles. The van der Waals surface area contributed by atoms with Crippen LogP contribution in [0.3, 0.4) is 0 Å². The molecule has 1 N–H and O–H groups in total. The largest absolute Gasteiger partial charge is 0.468 e. The molecule has 0 aliphatic heterocycles.